The van der Waals surface area contributed by atoms with Crippen LogP contribution in [-0.2, 0) is 12.8 Å². The van der Waals surface area contributed by atoms with E-state index < -0.39 is 0 Å². The molecule has 0 aliphatic heterocycles. The Kier molecular flexibility index (Phi) is 3.61. The third kappa shape index (κ3) is 2.59. The SMILES string of the molecule is Cc1ccc2nc(SCc3cn4ccccc4n3)n(C)c(=O)c2c1. The Bertz CT molecular complexity index is 1080. The Hall–Kier alpha value is -2.60. The predicted molar refractivity (Wildman–Crippen MR) is 96.5 cm³/mol. The first kappa shape index (κ1) is 15.0. The summed E-state index contributed by atoms with van der Waals surface area (Å²) in [5, 5.41) is 1.36. The van der Waals surface area contributed by atoms with E-state index in [-0.39, 0.29) is 5.56 Å². The molecule has 0 unspecified atom stereocenters. The minimum Gasteiger partial charge on any atom is -0.307 e. The van der Waals surface area contributed by atoms with Gasteiger partial charge in [0, 0.05) is 25.2 Å². The summed E-state index contributed by atoms with van der Waals surface area (Å²) in [6.07, 6.45) is 3.98. The van der Waals surface area contributed by atoms with Crippen molar-refractivity contribution >= 4 is 28.3 Å². The van der Waals surface area contributed by atoms with Crippen LogP contribution in [0.5, 0.6) is 0 Å². The third-order valence-corrected chi connectivity index (χ3v) is 5.02. The molecule has 4 aromatic rings. The van der Waals surface area contributed by atoms with Gasteiger partial charge in [-0.15, -0.1) is 0 Å². The number of thioether (sulfide) groups is 1. The van der Waals surface area contributed by atoms with Crippen LogP contribution in [-0.4, -0.2) is 18.9 Å². The molecule has 0 amide bonds. The van der Waals surface area contributed by atoms with Crippen molar-refractivity contribution < 1.29 is 0 Å². The number of hydrogen-bond acceptors (Lipinski definition) is 4. The molecular formula is C18H16N4OS. The molecule has 0 saturated carbocycles. The number of nitrogens with zero attached hydrogens (tertiary/aromatic N) is 4. The molecular weight excluding hydrogens is 320 g/mol. The number of fused-ring (bicyclic) bond motifs is 2. The van der Waals surface area contributed by atoms with Gasteiger partial charge in [0.2, 0.25) is 0 Å². The van der Waals surface area contributed by atoms with Crippen LogP contribution in [0.3, 0.4) is 0 Å². The number of imidazole rings is 1. The number of pyridine rings is 1. The van der Waals surface area contributed by atoms with E-state index in [1.54, 1.807) is 11.6 Å². The van der Waals surface area contributed by atoms with Crippen molar-refractivity contribution in [2.24, 2.45) is 7.05 Å². The average Bonchev–Trinajstić information content (AvgIpc) is 3.00. The van der Waals surface area contributed by atoms with E-state index in [1.165, 1.54) is 11.8 Å². The Balaban J connectivity index is 1.68. The van der Waals surface area contributed by atoms with Crippen molar-refractivity contribution in [2.75, 3.05) is 0 Å². The quantitative estimate of drug-likeness (QED) is 0.426. The number of benzene rings is 1. The van der Waals surface area contributed by atoms with Gasteiger partial charge in [0.25, 0.3) is 5.56 Å². The van der Waals surface area contributed by atoms with Gasteiger partial charge in [-0.2, -0.15) is 0 Å². The molecule has 0 atom stereocenters. The molecule has 0 radical (unpaired) electrons. The first-order valence-corrected chi connectivity index (χ1v) is 8.63. The fourth-order valence-electron chi connectivity index (χ4n) is 2.69. The molecule has 6 heteroatoms. The molecule has 24 heavy (non-hydrogen) atoms. The molecule has 5 nitrogen and oxygen atoms in total. The summed E-state index contributed by atoms with van der Waals surface area (Å²) in [6, 6.07) is 11.7. The van der Waals surface area contributed by atoms with Gasteiger partial charge in [0.15, 0.2) is 5.16 Å². The maximum atomic E-state index is 12.5. The van der Waals surface area contributed by atoms with Gasteiger partial charge in [-0.1, -0.05) is 29.5 Å². The van der Waals surface area contributed by atoms with Gasteiger partial charge in [-0.25, -0.2) is 9.97 Å². The summed E-state index contributed by atoms with van der Waals surface area (Å²) in [5.41, 5.74) is 3.67. The van der Waals surface area contributed by atoms with Gasteiger partial charge >= 0.3 is 0 Å². The number of rotatable bonds is 3. The van der Waals surface area contributed by atoms with Crippen molar-refractivity contribution in [1.82, 2.24) is 18.9 Å². The Morgan fingerprint density at radius 2 is 2.04 bits per heavy atom. The predicted octanol–water partition coefficient (Wildman–Crippen LogP) is 3.18. The highest BCUT2D eigenvalue weighted by molar-refractivity contribution is 7.98. The van der Waals surface area contributed by atoms with Gasteiger partial charge in [-0.05, 0) is 31.2 Å². The summed E-state index contributed by atoms with van der Waals surface area (Å²) in [7, 11) is 1.77. The zero-order chi connectivity index (χ0) is 16.7. The van der Waals surface area contributed by atoms with E-state index in [9.17, 15) is 4.79 Å². The van der Waals surface area contributed by atoms with E-state index >= 15 is 0 Å². The van der Waals surface area contributed by atoms with Crippen molar-refractivity contribution in [3.05, 3.63) is 70.4 Å². The van der Waals surface area contributed by atoms with Crippen LogP contribution in [0.2, 0.25) is 0 Å². The summed E-state index contributed by atoms with van der Waals surface area (Å²) in [4.78, 5) is 21.8. The number of hydrogen-bond donors (Lipinski definition) is 0. The van der Waals surface area contributed by atoms with Gasteiger partial charge < -0.3 is 4.40 Å². The summed E-state index contributed by atoms with van der Waals surface area (Å²) >= 11 is 1.52. The number of aryl methyl sites for hydroxylation is 1. The van der Waals surface area contributed by atoms with Crippen molar-refractivity contribution in [3.8, 4) is 0 Å². The fourth-order valence-corrected chi connectivity index (χ4v) is 3.54. The van der Waals surface area contributed by atoms with Crippen LogP contribution in [0.25, 0.3) is 16.6 Å². The monoisotopic (exact) mass is 336 g/mol. The van der Waals surface area contributed by atoms with E-state index in [2.05, 4.69) is 9.97 Å². The molecule has 0 saturated heterocycles. The minimum atomic E-state index is -0.0128. The standard InChI is InChI=1S/C18H16N4OS/c1-12-6-7-15-14(9-12)17(23)21(2)18(20-15)24-11-13-10-22-8-4-3-5-16(22)19-13/h3-10H,11H2,1-2H3. The molecule has 0 aliphatic carbocycles. The Morgan fingerprint density at radius 1 is 1.17 bits per heavy atom. The highest BCUT2D eigenvalue weighted by Gasteiger charge is 2.10. The third-order valence-electron chi connectivity index (χ3n) is 3.95. The zero-order valence-corrected chi connectivity index (χ0v) is 14.2. The molecule has 0 N–H and O–H groups in total. The van der Waals surface area contributed by atoms with Crippen molar-refractivity contribution in [3.63, 3.8) is 0 Å². The van der Waals surface area contributed by atoms with Crippen molar-refractivity contribution in [2.45, 2.75) is 17.8 Å². The van der Waals surface area contributed by atoms with Crippen molar-refractivity contribution in [1.29, 1.82) is 0 Å². The molecule has 0 bridgehead atoms. The maximum Gasteiger partial charge on any atom is 0.261 e. The number of aromatic nitrogens is 4. The van der Waals surface area contributed by atoms with Crippen LogP contribution < -0.4 is 5.56 Å². The highest BCUT2D eigenvalue weighted by Crippen LogP contribution is 2.21. The van der Waals surface area contributed by atoms with Gasteiger partial charge in [-0.3, -0.25) is 9.36 Å². The topological polar surface area (TPSA) is 52.2 Å². The normalized spacial score (nSPS) is 11.4. The van der Waals surface area contributed by atoms with Crippen LogP contribution >= 0.6 is 11.8 Å². The second-order valence-electron chi connectivity index (χ2n) is 5.77. The summed E-state index contributed by atoms with van der Waals surface area (Å²) < 4.78 is 3.60. The Labute approximate surface area is 143 Å². The van der Waals surface area contributed by atoms with Crippen LogP contribution in [0.15, 0.2) is 58.7 Å². The average molecular weight is 336 g/mol. The van der Waals surface area contributed by atoms with Crippen LogP contribution in [0, 0.1) is 6.92 Å². The zero-order valence-electron chi connectivity index (χ0n) is 13.4. The molecule has 3 aromatic heterocycles. The molecule has 1 aromatic carbocycles. The smallest absolute Gasteiger partial charge is 0.261 e. The lowest BCUT2D eigenvalue weighted by Crippen LogP contribution is -2.20. The second kappa shape index (κ2) is 5.79. The van der Waals surface area contributed by atoms with Crippen LogP contribution in [0.4, 0.5) is 0 Å². The molecule has 0 spiro atoms. The van der Waals surface area contributed by atoms with Crippen LogP contribution in [0.1, 0.15) is 11.3 Å². The summed E-state index contributed by atoms with van der Waals surface area (Å²) in [6.45, 7) is 1.98. The largest absolute Gasteiger partial charge is 0.307 e. The first-order chi connectivity index (χ1) is 11.6. The second-order valence-corrected chi connectivity index (χ2v) is 6.71. The fraction of sp³-hybridized carbons (Fsp3) is 0.167. The molecule has 0 aliphatic rings. The lowest BCUT2D eigenvalue weighted by atomic mass is 10.2. The molecule has 0 fully saturated rings. The summed E-state index contributed by atoms with van der Waals surface area (Å²) in [5.74, 6) is 0.666. The molecule has 120 valence electrons. The minimum absolute atomic E-state index is 0.0128. The maximum absolute atomic E-state index is 12.5. The molecule has 3 heterocycles. The van der Waals surface area contributed by atoms with E-state index in [4.69, 9.17) is 0 Å². The molecule has 4 rings (SSSR count). The van der Waals surface area contributed by atoms with E-state index in [0.717, 1.165) is 22.4 Å². The lowest BCUT2D eigenvalue weighted by molar-refractivity contribution is 0.726. The first-order valence-electron chi connectivity index (χ1n) is 7.64. The van der Waals surface area contributed by atoms with Gasteiger partial charge in [0.1, 0.15) is 5.65 Å². The van der Waals surface area contributed by atoms with Gasteiger partial charge in [0.05, 0.1) is 16.6 Å². The lowest BCUT2D eigenvalue weighted by Gasteiger charge is -2.08. The van der Waals surface area contributed by atoms with E-state index in [1.807, 2.05) is 60.1 Å². The highest BCUT2D eigenvalue weighted by atomic mass is 32.2. The Morgan fingerprint density at radius 3 is 2.88 bits per heavy atom. The van der Waals surface area contributed by atoms with E-state index in [0.29, 0.717) is 16.3 Å².